The lowest BCUT2D eigenvalue weighted by Gasteiger charge is -2.46. The lowest BCUT2D eigenvalue weighted by molar-refractivity contribution is -0.162. The molecule has 1 saturated heterocycles. The second-order valence-electron chi connectivity index (χ2n) is 6.26. The third kappa shape index (κ3) is 2.42. The van der Waals surface area contributed by atoms with Gasteiger partial charge in [0.1, 0.15) is 5.76 Å². The first kappa shape index (κ1) is 17.2. The Morgan fingerprint density at radius 1 is 1.28 bits per heavy atom. The summed E-state index contributed by atoms with van der Waals surface area (Å²) in [5, 5.41) is 31.3. The number of aliphatic hydroxyl groups is 1. The molecule has 134 valence electrons. The van der Waals surface area contributed by atoms with E-state index in [1.165, 1.54) is 5.01 Å². The van der Waals surface area contributed by atoms with Gasteiger partial charge in [0.25, 0.3) is 5.91 Å². The molecule has 3 rings (SSSR count). The lowest BCUT2D eigenvalue weighted by atomic mass is 9.91. The van der Waals surface area contributed by atoms with E-state index in [4.69, 9.17) is 0 Å². The molecule has 1 fully saturated rings. The van der Waals surface area contributed by atoms with E-state index in [0.29, 0.717) is 19.4 Å². The number of nitrogens with zero attached hydrogens (tertiary/aromatic N) is 2. The van der Waals surface area contributed by atoms with Crippen LogP contribution in [0.2, 0.25) is 0 Å². The number of hydrogen-bond donors (Lipinski definition) is 3. The van der Waals surface area contributed by atoms with Gasteiger partial charge in [-0.3, -0.25) is 9.80 Å². The molecule has 0 aliphatic carbocycles. The van der Waals surface area contributed by atoms with Crippen LogP contribution in [-0.4, -0.2) is 49.3 Å². The minimum absolute atomic E-state index is 0.218. The minimum Gasteiger partial charge on any atom is -0.509 e. The number of amides is 1. The van der Waals surface area contributed by atoms with Gasteiger partial charge < -0.3 is 15.3 Å². The van der Waals surface area contributed by atoms with Gasteiger partial charge in [0.05, 0.1) is 12.1 Å². The van der Waals surface area contributed by atoms with Crippen molar-refractivity contribution < 1.29 is 33.7 Å². The lowest BCUT2D eigenvalue weighted by Crippen LogP contribution is -2.60. The van der Waals surface area contributed by atoms with Crippen molar-refractivity contribution in [3.63, 3.8) is 0 Å². The topological polar surface area (TPSA) is 101 Å². The quantitative estimate of drug-likeness (QED) is 0.714. The SMILES string of the molecule is C[C@]12CCCN1N(Cc1ccc(O)c(F)c1F)C(=O)C(C(=O)O)=C2O. The van der Waals surface area contributed by atoms with Crippen molar-refractivity contribution in [3.8, 4) is 5.75 Å². The summed E-state index contributed by atoms with van der Waals surface area (Å²) in [4.78, 5) is 24.0. The van der Waals surface area contributed by atoms with Gasteiger partial charge in [-0.2, -0.15) is 4.39 Å². The number of phenols is 1. The van der Waals surface area contributed by atoms with Crippen molar-refractivity contribution in [3.05, 3.63) is 40.7 Å². The van der Waals surface area contributed by atoms with Crippen LogP contribution in [-0.2, 0) is 16.1 Å². The first-order valence-corrected chi connectivity index (χ1v) is 7.60. The van der Waals surface area contributed by atoms with Gasteiger partial charge in [0.15, 0.2) is 17.1 Å². The molecule has 1 aromatic rings. The summed E-state index contributed by atoms with van der Waals surface area (Å²) in [5.74, 6) is -6.74. The Morgan fingerprint density at radius 3 is 2.60 bits per heavy atom. The second-order valence-corrected chi connectivity index (χ2v) is 6.26. The molecule has 0 unspecified atom stereocenters. The van der Waals surface area contributed by atoms with Crippen LogP contribution in [0.4, 0.5) is 8.78 Å². The maximum atomic E-state index is 14.0. The highest BCUT2D eigenvalue weighted by Crippen LogP contribution is 2.41. The molecule has 2 aliphatic rings. The highest BCUT2D eigenvalue weighted by molar-refractivity contribution is 6.16. The Labute approximate surface area is 141 Å². The van der Waals surface area contributed by atoms with E-state index in [0.717, 1.165) is 17.1 Å². The third-order valence-corrected chi connectivity index (χ3v) is 4.77. The number of aliphatic hydroxyl groups excluding tert-OH is 1. The molecule has 2 aliphatic heterocycles. The summed E-state index contributed by atoms with van der Waals surface area (Å²) in [7, 11) is 0. The van der Waals surface area contributed by atoms with Crippen LogP contribution in [0.1, 0.15) is 25.3 Å². The molecular formula is C16H16F2N2O5. The van der Waals surface area contributed by atoms with Crippen molar-refractivity contribution in [2.45, 2.75) is 31.8 Å². The van der Waals surface area contributed by atoms with Gasteiger partial charge in [0.2, 0.25) is 5.82 Å². The number of halogens is 2. The smallest absolute Gasteiger partial charge is 0.344 e. The standard InChI is InChI=1S/C16H16F2N2O5/c1-16-5-2-6-20(16)19(14(23)10(13(16)22)15(24)25)7-8-3-4-9(21)12(18)11(8)17/h3-4,21-22H,2,5-7H2,1H3,(H,24,25)/t16-/m1/s1. The average molecular weight is 354 g/mol. The molecule has 1 atom stereocenters. The zero-order valence-corrected chi connectivity index (χ0v) is 13.3. The minimum atomic E-state index is -1.59. The van der Waals surface area contributed by atoms with E-state index < -0.39 is 52.7 Å². The number of carbonyl (C=O) groups is 2. The van der Waals surface area contributed by atoms with Crippen molar-refractivity contribution in [1.29, 1.82) is 0 Å². The first-order chi connectivity index (χ1) is 11.7. The number of hydrazine groups is 1. The van der Waals surface area contributed by atoms with Crippen LogP contribution < -0.4 is 0 Å². The summed E-state index contributed by atoms with van der Waals surface area (Å²) < 4.78 is 27.6. The summed E-state index contributed by atoms with van der Waals surface area (Å²) in [6.45, 7) is 1.51. The van der Waals surface area contributed by atoms with E-state index in [1.54, 1.807) is 6.92 Å². The van der Waals surface area contributed by atoms with Crippen LogP contribution >= 0.6 is 0 Å². The summed E-state index contributed by atoms with van der Waals surface area (Å²) in [6, 6.07) is 2.07. The number of carbonyl (C=O) groups excluding carboxylic acids is 1. The van der Waals surface area contributed by atoms with Crippen LogP contribution in [0.15, 0.2) is 23.5 Å². The fourth-order valence-corrected chi connectivity index (χ4v) is 3.40. The highest BCUT2D eigenvalue weighted by Gasteiger charge is 2.52. The zero-order chi connectivity index (χ0) is 18.5. The predicted molar refractivity (Wildman–Crippen MR) is 80.2 cm³/mol. The molecule has 2 heterocycles. The maximum absolute atomic E-state index is 14.0. The number of benzene rings is 1. The number of phenolic OH excluding ortho intramolecular Hbond substituents is 1. The second kappa shape index (κ2) is 5.69. The van der Waals surface area contributed by atoms with E-state index in [9.17, 15) is 33.7 Å². The number of carboxylic acid groups (broad SMARTS) is 1. The van der Waals surface area contributed by atoms with E-state index in [-0.39, 0.29) is 5.56 Å². The fourth-order valence-electron chi connectivity index (χ4n) is 3.40. The van der Waals surface area contributed by atoms with Crippen molar-refractivity contribution >= 4 is 11.9 Å². The maximum Gasteiger partial charge on any atom is 0.344 e. The Bertz CT molecular complexity index is 810. The van der Waals surface area contributed by atoms with E-state index in [1.807, 2.05) is 0 Å². The molecule has 1 aromatic carbocycles. The third-order valence-electron chi connectivity index (χ3n) is 4.77. The van der Waals surface area contributed by atoms with Crippen LogP contribution in [0.25, 0.3) is 0 Å². The molecule has 9 heteroatoms. The summed E-state index contributed by atoms with van der Waals surface area (Å²) in [6.07, 6.45) is 0.996. The zero-order valence-electron chi connectivity index (χ0n) is 13.3. The number of rotatable bonds is 3. The fraction of sp³-hybridized carbons (Fsp3) is 0.375. The van der Waals surface area contributed by atoms with Gasteiger partial charge in [0, 0.05) is 12.1 Å². The van der Waals surface area contributed by atoms with Crippen molar-refractivity contribution in [1.82, 2.24) is 10.0 Å². The van der Waals surface area contributed by atoms with Gasteiger partial charge in [-0.1, -0.05) is 6.07 Å². The average Bonchev–Trinajstić information content (AvgIpc) is 2.94. The number of hydrogen-bond acceptors (Lipinski definition) is 5. The van der Waals surface area contributed by atoms with Gasteiger partial charge >= 0.3 is 5.97 Å². The Morgan fingerprint density at radius 2 is 1.96 bits per heavy atom. The molecule has 0 spiro atoms. The number of carboxylic acids is 1. The number of aromatic hydroxyl groups is 1. The monoisotopic (exact) mass is 354 g/mol. The molecule has 0 bridgehead atoms. The molecule has 0 saturated carbocycles. The first-order valence-electron chi connectivity index (χ1n) is 7.60. The Kier molecular flexibility index (Phi) is 3.91. The van der Waals surface area contributed by atoms with Crippen molar-refractivity contribution in [2.75, 3.05) is 6.54 Å². The molecule has 3 N–H and O–H groups in total. The van der Waals surface area contributed by atoms with Crippen LogP contribution in [0.5, 0.6) is 5.75 Å². The van der Waals surface area contributed by atoms with Crippen LogP contribution in [0, 0.1) is 11.6 Å². The largest absolute Gasteiger partial charge is 0.509 e. The molecule has 0 radical (unpaired) electrons. The summed E-state index contributed by atoms with van der Waals surface area (Å²) in [5.41, 5.74) is -2.10. The van der Waals surface area contributed by atoms with E-state index in [2.05, 4.69) is 0 Å². The number of aliphatic carboxylic acids is 1. The Balaban J connectivity index is 2.06. The molecule has 0 aromatic heterocycles. The van der Waals surface area contributed by atoms with Crippen LogP contribution in [0.3, 0.4) is 0 Å². The molecule has 1 amide bonds. The highest BCUT2D eigenvalue weighted by atomic mass is 19.2. The number of fused-ring (bicyclic) bond motifs is 1. The Hall–Kier alpha value is -2.68. The molecule has 7 nitrogen and oxygen atoms in total. The van der Waals surface area contributed by atoms with Gasteiger partial charge in [-0.15, -0.1) is 0 Å². The summed E-state index contributed by atoms with van der Waals surface area (Å²) >= 11 is 0. The van der Waals surface area contributed by atoms with Gasteiger partial charge in [-0.25, -0.2) is 14.2 Å². The molecule has 25 heavy (non-hydrogen) atoms. The van der Waals surface area contributed by atoms with E-state index >= 15 is 0 Å². The van der Waals surface area contributed by atoms with Gasteiger partial charge in [-0.05, 0) is 25.8 Å². The predicted octanol–water partition coefficient (Wildman–Crippen LogP) is 1.68. The molecular weight excluding hydrogens is 338 g/mol. The normalized spacial score (nSPS) is 24.0. The van der Waals surface area contributed by atoms with Crippen molar-refractivity contribution in [2.24, 2.45) is 0 Å².